The van der Waals surface area contributed by atoms with Gasteiger partial charge in [0, 0.05) is 19.1 Å². The summed E-state index contributed by atoms with van der Waals surface area (Å²) in [6, 6.07) is 2.27. The van der Waals surface area contributed by atoms with Crippen LogP contribution in [0.25, 0.3) is 0 Å². The van der Waals surface area contributed by atoms with Crippen molar-refractivity contribution in [2.45, 2.75) is 23.8 Å². The van der Waals surface area contributed by atoms with Crippen LogP contribution in [-0.2, 0) is 10.0 Å². The maximum absolute atomic E-state index is 13.6. The Morgan fingerprint density at radius 1 is 1.42 bits per heavy atom. The Kier molecular flexibility index (Phi) is 4.17. The van der Waals surface area contributed by atoms with E-state index in [4.69, 9.17) is 0 Å². The monoisotopic (exact) mass is 290 g/mol. The van der Waals surface area contributed by atoms with Crippen molar-refractivity contribution in [1.82, 2.24) is 9.62 Å². The number of halogens is 2. The molecule has 106 valence electrons. The molecule has 19 heavy (non-hydrogen) atoms. The lowest BCUT2D eigenvalue weighted by Crippen LogP contribution is -2.41. The van der Waals surface area contributed by atoms with Crippen LogP contribution in [0.3, 0.4) is 0 Å². The Morgan fingerprint density at radius 3 is 2.84 bits per heavy atom. The SMILES string of the molecule is CNCC1CCCN1S(=O)(=O)c1cc(F)ccc1F. The summed E-state index contributed by atoms with van der Waals surface area (Å²) < 4.78 is 52.8. The van der Waals surface area contributed by atoms with Gasteiger partial charge in [-0.3, -0.25) is 0 Å². The summed E-state index contributed by atoms with van der Waals surface area (Å²) >= 11 is 0. The van der Waals surface area contributed by atoms with Crippen molar-refractivity contribution in [2.75, 3.05) is 20.1 Å². The fourth-order valence-electron chi connectivity index (χ4n) is 2.37. The number of nitrogens with one attached hydrogen (secondary N) is 1. The number of rotatable bonds is 4. The molecule has 2 rings (SSSR count). The van der Waals surface area contributed by atoms with Crippen molar-refractivity contribution in [3.63, 3.8) is 0 Å². The molecule has 0 bridgehead atoms. The summed E-state index contributed by atoms with van der Waals surface area (Å²) in [4.78, 5) is -0.587. The normalized spacial score (nSPS) is 20.9. The second-order valence-electron chi connectivity index (χ2n) is 4.54. The van der Waals surface area contributed by atoms with Gasteiger partial charge >= 0.3 is 0 Å². The van der Waals surface area contributed by atoms with Crippen LogP contribution in [0.2, 0.25) is 0 Å². The number of nitrogens with zero attached hydrogens (tertiary/aromatic N) is 1. The summed E-state index contributed by atoms with van der Waals surface area (Å²) in [6.45, 7) is 0.834. The van der Waals surface area contributed by atoms with Crippen LogP contribution in [0.5, 0.6) is 0 Å². The van der Waals surface area contributed by atoms with Crippen LogP contribution in [0.4, 0.5) is 8.78 Å². The van der Waals surface area contributed by atoms with Gasteiger partial charge in [-0.1, -0.05) is 0 Å². The highest BCUT2D eigenvalue weighted by molar-refractivity contribution is 7.89. The molecule has 1 saturated heterocycles. The molecule has 0 aliphatic carbocycles. The third-order valence-corrected chi connectivity index (χ3v) is 5.21. The largest absolute Gasteiger partial charge is 0.318 e. The van der Waals surface area contributed by atoms with E-state index in [-0.39, 0.29) is 6.04 Å². The topological polar surface area (TPSA) is 49.4 Å². The van der Waals surface area contributed by atoms with Gasteiger partial charge in [-0.05, 0) is 38.1 Å². The molecule has 1 aliphatic rings. The van der Waals surface area contributed by atoms with Gasteiger partial charge in [-0.15, -0.1) is 0 Å². The van der Waals surface area contributed by atoms with E-state index < -0.39 is 26.6 Å². The van der Waals surface area contributed by atoms with Crippen molar-refractivity contribution >= 4 is 10.0 Å². The molecule has 7 heteroatoms. The maximum atomic E-state index is 13.6. The van der Waals surface area contributed by atoms with Gasteiger partial charge in [0.15, 0.2) is 0 Å². The van der Waals surface area contributed by atoms with Crippen molar-refractivity contribution in [3.8, 4) is 0 Å². The van der Waals surface area contributed by atoms with Crippen LogP contribution in [-0.4, -0.2) is 38.9 Å². The zero-order valence-electron chi connectivity index (χ0n) is 10.6. The van der Waals surface area contributed by atoms with Gasteiger partial charge in [0.1, 0.15) is 16.5 Å². The molecule has 1 atom stereocenters. The molecular weight excluding hydrogens is 274 g/mol. The Labute approximate surface area is 111 Å². The molecule has 1 N–H and O–H groups in total. The van der Waals surface area contributed by atoms with Crippen molar-refractivity contribution in [1.29, 1.82) is 0 Å². The molecule has 0 radical (unpaired) electrons. The van der Waals surface area contributed by atoms with E-state index in [9.17, 15) is 17.2 Å². The molecule has 4 nitrogen and oxygen atoms in total. The Bertz CT molecular complexity index is 563. The predicted octanol–water partition coefficient (Wildman–Crippen LogP) is 1.34. The number of hydrogen-bond acceptors (Lipinski definition) is 3. The zero-order chi connectivity index (χ0) is 14.0. The van der Waals surface area contributed by atoms with E-state index in [0.29, 0.717) is 13.1 Å². The fraction of sp³-hybridized carbons (Fsp3) is 0.500. The van der Waals surface area contributed by atoms with E-state index in [0.717, 1.165) is 31.0 Å². The first-order valence-electron chi connectivity index (χ1n) is 6.08. The summed E-state index contributed by atoms with van der Waals surface area (Å²) in [5.41, 5.74) is 0. The van der Waals surface area contributed by atoms with Gasteiger partial charge < -0.3 is 5.32 Å². The van der Waals surface area contributed by atoms with E-state index in [1.807, 2.05) is 0 Å². The third-order valence-electron chi connectivity index (χ3n) is 3.24. The molecule has 1 aliphatic heterocycles. The number of benzene rings is 1. The van der Waals surface area contributed by atoms with E-state index in [1.54, 1.807) is 7.05 Å². The molecule has 0 spiro atoms. The van der Waals surface area contributed by atoms with Crippen LogP contribution in [0.15, 0.2) is 23.1 Å². The summed E-state index contributed by atoms with van der Waals surface area (Å²) in [5.74, 6) is -1.68. The summed E-state index contributed by atoms with van der Waals surface area (Å²) in [6.07, 6.45) is 1.44. The first kappa shape index (κ1) is 14.4. The van der Waals surface area contributed by atoms with Crippen LogP contribution < -0.4 is 5.32 Å². The minimum Gasteiger partial charge on any atom is -0.318 e. The number of hydrogen-bond donors (Lipinski definition) is 1. The smallest absolute Gasteiger partial charge is 0.246 e. The minimum atomic E-state index is -3.98. The molecule has 0 amide bonds. The predicted molar refractivity (Wildman–Crippen MR) is 67.2 cm³/mol. The second kappa shape index (κ2) is 5.52. The van der Waals surface area contributed by atoms with Gasteiger partial charge in [-0.25, -0.2) is 17.2 Å². The second-order valence-corrected chi connectivity index (χ2v) is 6.40. The lowest BCUT2D eigenvalue weighted by molar-refractivity contribution is 0.376. The first-order valence-corrected chi connectivity index (χ1v) is 7.52. The van der Waals surface area contributed by atoms with E-state index in [1.165, 1.54) is 4.31 Å². The van der Waals surface area contributed by atoms with E-state index in [2.05, 4.69) is 5.32 Å². The molecule has 1 fully saturated rings. The molecule has 0 saturated carbocycles. The average molecular weight is 290 g/mol. The number of likely N-dealkylation sites (N-methyl/N-ethyl adjacent to an activating group) is 1. The van der Waals surface area contributed by atoms with Crippen molar-refractivity contribution in [2.24, 2.45) is 0 Å². The minimum absolute atomic E-state index is 0.210. The lowest BCUT2D eigenvalue weighted by atomic mass is 10.2. The quantitative estimate of drug-likeness (QED) is 0.910. The van der Waals surface area contributed by atoms with Gasteiger partial charge in [0.2, 0.25) is 10.0 Å². The summed E-state index contributed by atoms with van der Waals surface area (Å²) in [7, 11) is -2.26. The van der Waals surface area contributed by atoms with Crippen LogP contribution in [0, 0.1) is 11.6 Å². The molecule has 0 aromatic heterocycles. The highest BCUT2D eigenvalue weighted by Crippen LogP contribution is 2.27. The van der Waals surface area contributed by atoms with Crippen LogP contribution in [0.1, 0.15) is 12.8 Å². The number of sulfonamides is 1. The Morgan fingerprint density at radius 2 is 2.16 bits per heavy atom. The van der Waals surface area contributed by atoms with Crippen LogP contribution >= 0.6 is 0 Å². The fourth-order valence-corrected chi connectivity index (χ4v) is 4.14. The zero-order valence-corrected chi connectivity index (χ0v) is 11.4. The molecular formula is C12H16F2N2O2S. The average Bonchev–Trinajstić information content (AvgIpc) is 2.81. The Balaban J connectivity index is 2.39. The lowest BCUT2D eigenvalue weighted by Gasteiger charge is -2.24. The van der Waals surface area contributed by atoms with Gasteiger partial charge in [0.25, 0.3) is 0 Å². The molecule has 1 aromatic carbocycles. The van der Waals surface area contributed by atoms with E-state index >= 15 is 0 Å². The standard InChI is InChI=1S/C12H16F2N2O2S/c1-15-8-10-3-2-6-16(10)19(17,18)12-7-9(13)4-5-11(12)14/h4-5,7,10,15H,2-3,6,8H2,1H3. The molecule has 1 heterocycles. The molecule has 1 unspecified atom stereocenters. The highest BCUT2D eigenvalue weighted by Gasteiger charge is 2.36. The highest BCUT2D eigenvalue weighted by atomic mass is 32.2. The van der Waals surface area contributed by atoms with Crippen molar-refractivity contribution in [3.05, 3.63) is 29.8 Å². The molecule has 1 aromatic rings. The third kappa shape index (κ3) is 2.77. The van der Waals surface area contributed by atoms with Gasteiger partial charge in [-0.2, -0.15) is 4.31 Å². The Hall–Kier alpha value is -1.05. The van der Waals surface area contributed by atoms with Crippen molar-refractivity contribution < 1.29 is 17.2 Å². The first-order chi connectivity index (χ1) is 8.96. The summed E-state index contributed by atoms with van der Waals surface area (Å²) in [5, 5.41) is 2.92. The maximum Gasteiger partial charge on any atom is 0.246 e. The van der Waals surface area contributed by atoms with Gasteiger partial charge in [0.05, 0.1) is 0 Å².